The molecule has 0 amide bonds. The summed E-state index contributed by atoms with van der Waals surface area (Å²) in [4.78, 5) is 0. The van der Waals surface area contributed by atoms with Gasteiger partial charge in [-0.1, -0.05) is 25.1 Å². The summed E-state index contributed by atoms with van der Waals surface area (Å²) in [5.74, 6) is 0. The molecular formula is C16H22N2O. The number of aromatic nitrogens is 1. The third-order valence-electron chi connectivity index (χ3n) is 3.19. The fourth-order valence-corrected chi connectivity index (χ4v) is 2.21. The summed E-state index contributed by atoms with van der Waals surface area (Å²) in [5, 5.41) is 13.1. The molecule has 1 heterocycles. The van der Waals surface area contributed by atoms with Gasteiger partial charge in [0.05, 0.1) is 6.10 Å². The molecular weight excluding hydrogens is 236 g/mol. The first-order valence-electron chi connectivity index (χ1n) is 6.86. The summed E-state index contributed by atoms with van der Waals surface area (Å²) in [7, 11) is 0. The fraction of sp³-hybridized carbons (Fsp3) is 0.375. The first kappa shape index (κ1) is 13.7. The Bertz CT molecular complexity index is 517. The number of aliphatic hydroxyl groups is 1. The van der Waals surface area contributed by atoms with Crippen molar-refractivity contribution in [2.45, 2.75) is 39.5 Å². The van der Waals surface area contributed by atoms with Gasteiger partial charge in [-0.15, -0.1) is 0 Å². The number of aliphatic hydroxyl groups excluding tert-OH is 1. The lowest BCUT2D eigenvalue weighted by Gasteiger charge is -2.13. The predicted octanol–water partition coefficient (Wildman–Crippen LogP) is 3.56. The zero-order chi connectivity index (χ0) is 13.7. The van der Waals surface area contributed by atoms with Crippen molar-refractivity contribution in [1.29, 1.82) is 0 Å². The average molecular weight is 258 g/mol. The van der Waals surface area contributed by atoms with Crippen LogP contribution >= 0.6 is 0 Å². The van der Waals surface area contributed by atoms with E-state index in [1.54, 1.807) is 6.92 Å². The minimum absolute atomic E-state index is 0.451. The molecule has 1 aromatic heterocycles. The molecule has 1 aromatic carbocycles. The van der Waals surface area contributed by atoms with E-state index in [-0.39, 0.29) is 0 Å². The highest BCUT2D eigenvalue weighted by molar-refractivity contribution is 5.52. The number of rotatable bonds is 6. The number of benzene rings is 1. The number of anilines is 1. The van der Waals surface area contributed by atoms with E-state index >= 15 is 0 Å². The fourth-order valence-electron chi connectivity index (χ4n) is 2.21. The highest BCUT2D eigenvalue weighted by Gasteiger charge is 2.06. The maximum atomic E-state index is 9.73. The van der Waals surface area contributed by atoms with Gasteiger partial charge in [0.1, 0.15) is 0 Å². The van der Waals surface area contributed by atoms with Crippen molar-refractivity contribution in [3.8, 4) is 0 Å². The summed E-state index contributed by atoms with van der Waals surface area (Å²) in [6.45, 7) is 5.81. The Balaban J connectivity index is 2.01. The monoisotopic (exact) mass is 258 g/mol. The van der Waals surface area contributed by atoms with Gasteiger partial charge in [0.15, 0.2) is 0 Å². The Morgan fingerprint density at radius 2 is 2.05 bits per heavy atom. The Morgan fingerprint density at radius 1 is 1.26 bits per heavy atom. The quantitative estimate of drug-likeness (QED) is 0.831. The van der Waals surface area contributed by atoms with E-state index in [0.29, 0.717) is 0 Å². The van der Waals surface area contributed by atoms with Crippen LogP contribution in [0.15, 0.2) is 42.7 Å². The van der Waals surface area contributed by atoms with Crippen LogP contribution in [-0.4, -0.2) is 9.67 Å². The molecule has 0 saturated heterocycles. The summed E-state index contributed by atoms with van der Waals surface area (Å²) in [6, 6.07) is 10.0. The van der Waals surface area contributed by atoms with E-state index in [0.717, 1.165) is 30.8 Å². The van der Waals surface area contributed by atoms with Crippen LogP contribution in [0.25, 0.3) is 0 Å². The van der Waals surface area contributed by atoms with Gasteiger partial charge in [0, 0.05) is 36.7 Å². The zero-order valence-corrected chi connectivity index (χ0v) is 11.6. The first-order valence-corrected chi connectivity index (χ1v) is 6.86. The molecule has 102 valence electrons. The molecule has 0 aliphatic heterocycles. The SMILES string of the molecule is CCCn1ccc(CNc2ccccc2C(C)O)c1. The van der Waals surface area contributed by atoms with Crippen LogP contribution in [0.4, 0.5) is 5.69 Å². The van der Waals surface area contributed by atoms with Crippen molar-refractivity contribution < 1.29 is 5.11 Å². The van der Waals surface area contributed by atoms with E-state index in [4.69, 9.17) is 0 Å². The molecule has 1 atom stereocenters. The molecule has 2 aromatic rings. The van der Waals surface area contributed by atoms with Gasteiger partial charge in [-0.05, 0) is 31.0 Å². The minimum Gasteiger partial charge on any atom is -0.389 e. The van der Waals surface area contributed by atoms with Crippen LogP contribution < -0.4 is 5.32 Å². The maximum Gasteiger partial charge on any atom is 0.0781 e. The molecule has 0 aliphatic carbocycles. The summed E-state index contributed by atoms with van der Waals surface area (Å²) in [6.07, 6.45) is 4.98. The van der Waals surface area contributed by atoms with E-state index < -0.39 is 6.10 Å². The molecule has 0 saturated carbocycles. The van der Waals surface area contributed by atoms with Crippen LogP contribution in [0.1, 0.15) is 37.5 Å². The Labute approximate surface area is 114 Å². The van der Waals surface area contributed by atoms with Crippen molar-refractivity contribution >= 4 is 5.69 Å². The van der Waals surface area contributed by atoms with E-state index in [2.05, 4.69) is 35.3 Å². The summed E-state index contributed by atoms with van der Waals surface area (Å²) in [5.41, 5.74) is 3.20. The topological polar surface area (TPSA) is 37.2 Å². The second-order valence-electron chi connectivity index (χ2n) is 4.87. The lowest BCUT2D eigenvalue weighted by Crippen LogP contribution is -2.03. The number of aryl methyl sites for hydroxylation is 1. The number of para-hydroxylation sites is 1. The zero-order valence-electron chi connectivity index (χ0n) is 11.6. The largest absolute Gasteiger partial charge is 0.389 e. The molecule has 0 aliphatic rings. The Morgan fingerprint density at radius 3 is 2.79 bits per heavy atom. The van der Waals surface area contributed by atoms with Crippen molar-refractivity contribution in [3.05, 3.63) is 53.9 Å². The third kappa shape index (κ3) is 3.61. The molecule has 3 nitrogen and oxygen atoms in total. The predicted molar refractivity (Wildman–Crippen MR) is 79.1 cm³/mol. The van der Waals surface area contributed by atoms with Crippen LogP contribution in [0, 0.1) is 0 Å². The van der Waals surface area contributed by atoms with E-state index in [9.17, 15) is 5.11 Å². The average Bonchev–Trinajstić information content (AvgIpc) is 2.85. The minimum atomic E-state index is -0.451. The second kappa shape index (κ2) is 6.43. The molecule has 0 bridgehead atoms. The lowest BCUT2D eigenvalue weighted by atomic mass is 10.1. The number of nitrogens with zero attached hydrogens (tertiary/aromatic N) is 1. The number of hydrogen-bond acceptors (Lipinski definition) is 2. The van der Waals surface area contributed by atoms with Crippen LogP contribution in [0.2, 0.25) is 0 Å². The van der Waals surface area contributed by atoms with E-state index in [1.165, 1.54) is 5.56 Å². The standard InChI is InChI=1S/C16H22N2O/c1-3-9-18-10-8-14(12-18)11-17-16-7-5-4-6-15(16)13(2)19/h4-8,10,12-13,17,19H,3,9,11H2,1-2H3. The smallest absolute Gasteiger partial charge is 0.0781 e. The van der Waals surface area contributed by atoms with Crippen LogP contribution in [-0.2, 0) is 13.1 Å². The van der Waals surface area contributed by atoms with Gasteiger partial charge in [-0.25, -0.2) is 0 Å². The molecule has 2 N–H and O–H groups in total. The number of nitrogens with one attached hydrogen (secondary N) is 1. The Hall–Kier alpha value is -1.74. The molecule has 19 heavy (non-hydrogen) atoms. The summed E-state index contributed by atoms with van der Waals surface area (Å²) < 4.78 is 2.21. The third-order valence-corrected chi connectivity index (χ3v) is 3.19. The van der Waals surface area contributed by atoms with Gasteiger partial charge in [-0.3, -0.25) is 0 Å². The van der Waals surface area contributed by atoms with Gasteiger partial charge in [0.2, 0.25) is 0 Å². The van der Waals surface area contributed by atoms with Gasteiger partial charge < -0.3 is 15.0 Å². The van der Waals surface area contributed by atoms with E-state index in [1.807, 2.05) is 24.3 Å². The molecule has 0 spiro atoms. The lowest BCUT2D eigenvalue weighted by molar-refractivity contribution is 0.200. The van der Waals surface area contributed by atoms with Crippen molar-refractivity contribution in [2.24, 2.45) is 0 Å². The highest BCUT2D eigenvalue weighted by Crippen LogP contribution is 2.22. The normalized spacial score (nSPS) is 12.4. The van der Waals surface area contributed by atoms with Crippen molar-refractivity contribution in [2.75, 3.05) is 5.32 Å². The molecule has 0 radical (unpaired) electrons. The second-order valence-corrected chi connectivity index (χ2v) is 4.87. The van der Waals surface area contributed by atoms with Crippen LogP contribution in [0.5, 0.6) is 0 Å². The Kier molecular flexibility index (Phi) is 4.63. The molecule has 2 rings (SSSR count). The van der Waals surface area contributed by atoms with Gasteiger partial charge >= 0.3 is 0 Å². The molecule has 3 heteroatoms. The molecule has 1 unspecified atom stereocenters. The van der Waals surface area contributed by atoms with Crippen molar-refractivity contribution in [1.82, 2.24) is 4.57 Å². The van der Waals surface area contributed by atoms with Crippen molar-refractivity contribution in [3.63, 3.8) is 0 Å². The van der Waals surface area contributed by atoms with Gasteiger partial charge in [-0.2, -0.15) is 0 Å². The highest BCUT2D eigenvalue weighted by atomic mass is 16.3. The first-order chi connectivity index (χ1) is 9.20. The van der Waals surface area contributed by atoms with Gasteiger partial charge in [0.25, 0.3) is 0 Å². The molecule has 0 fully saturated rings. The number of hydrogen-bond donors (Lipinski definition) is 2. The van der Waals surface area contributed by atoms with Crippen LogP contribution in [0.3, 0.4) is 0 Å². The maximum absolute atomic E-state index is 9.73. The summed E-state index contributed by atoms with van der Waals surface area (Å²) >= 11 is 0.